The number of aryl methyl sites for hydroxylation is 1. The third kappa shape index (κ3) is 6.33. The lowest BCUT2D eigenvalue weighted by Crippen LogP contribution is -2.14. The highest BCUT2D eigenvalue weighted by Gasteiger charge is 2.10. The molecular weight excluding hydrogens is 424 g/mol. The normalized spacial score (nSPS) is 10.4. The van der Waals surface area contributed by atoms with Crippen molar-refractivity contribution in [2.45, 2.75) is 13.3 Å². The molecule has 0 heterocycles. The molecule has 4 rings (SSSR count). The Bertz CT molecular complexity index is 1270. The van der Waals surface area contributed by atoms with E-state index in [2.05, 4.69) is 22.8 Å². The molecule has 0 aliphatic rings. The molecule has 0 unspecified atom stereocenters. The topological polar surface area (TPSA) is 67.4 Å². The van der Waals surface area contributed by atoms with E-state index < -0.39 is 0 Å². The summed E-state index contributed by atoms with van der Waals surface area (Å²) in [6, 6.07) is 31.6. The molecule has 2 amide bonds. The van der Waals surface area contributed by atoms with Crippen LogP contribution in [0.5, 0.6) is 5.75 Å². The first-order chi connectivity index (χ1) is 16.6. The number of ether oxygens (including phenoxy) is 1. The largest absolute Gasteiger partial charge is 0.493 e. The summed E-state index contributed by atoms with van der Waals surface area (Å²) in [5.41, 5.74) is 4.52. The highest BCUT2D eigenvalue weighted by Crippen LogP contribution is 2.17. The van der Waals surface area contributed by atoms with Gasteiger partial charge in [0.1, 0.15) is 5.75 Å². The van der Waals surface area contributed by atoms with Gasteiger partial charge in [-0.3, -0.25) is 9.59 Å². The minimum Gasteiger partial charge on any atom is -0.493 e. The van der Waals surface area contributed by atoms with Crippen LogP contribution in [0.15, 0.2) is 103 Å². The van der Waals surface area contributed by atoms with E-state index in [-0.39, 0.29) is 11.8 Å². The summed E-state index contributed by atoms with van der Waals surface area (Å²) in [6.45, 7) is 2.53. The number of carbonyl (C=O) groups excluding carboxylic acids is 2. The Balaban J connectivity index is 1.33. The molecule has 4 aromatic carbocycles. The quantitative estimate of drug-likeness (QED) is 0.340. The van der Waals surface area contributed by atoms with Gasteiger partial charge in [0.25, 0.3) is 11.8 Å². The minimum absolute atomic E-state index is 0.237. The average molecular weight is 451 g/mol. The minimum atomic E-state index is -0.257. The Kier molecular flexibility index (Phi) is 7.35. The van der Waals surface area contributed by atoms with E-state index in [9.17, 15) is 9.59 Å². The number of hydrogen-bond acceptors (Lipinski definition) is 3. The first kappa shape index (κ1) is 22.8. The fraction of sp³-hybridized carbons (Fsp3) is 0.103. The third-order valence-electron chi connectivity index (χ3n) is 5.28. The fourth-order valence-corrected chi connectivity index (χ4v) is 3.50. The zero-order valence-electron chi connectivity index (χ0n) is 19.0. The maximum absolute atomic E-state index is 12.7. The second kappa shape index (κ2) is 11.0. The first-order valence-corrected chi connectivity index (χ1v) is 11.1. The molecule has 2 N–H and O–H groups in total. The van der Waals surface area contributed by atoms with E-state index in [0.29, 0.717) is 29.2 Å². The number of anilines is 2. The monoisotopic (exact) mass is 450 g/mol. The van der Waals surface area contributed by atoms with Gasteiger partial charge in [-0.15, -0.1) is 0 Å². The van der Waals surface area contributed by atoms with Gasteiger partial charge in [-0.25, -0.2) is 0 Å². The molecule has 0 spiro atoms. The predicted molar refractivity (Wildman–Crippen MR) is 136 cm³/mol. The van der Waals surface area contributed by atoms with E-state index in [4.69, 9.17) is 4.74 Å². The fourth-order valence-electron chi connectivity index (χ4n) is 3.50. The van der Waals surface area contributed by atoms with Gasteiger partial charge >= 0.3 is 0 Å². The summed E-state index contributed by atoms with van der Waals surface area (Å²) in [4.78, 5) is 25.3. The molecule has 0 radical (unpaired) electrons. The van der Waals surface area contributed by atoms with Crippen LogP contribution in [0.1, 0.15) is 31.8 Å². The van der Waals surface area contributed by atoms with Crippen LogP contribution in [0.3, 0.4) is 0 Å². The van der Waals surface area contributed by atoms with Crippen molar-refractivity contribution in [1.82, 2.24) is 0 Å². The number of rotatable bonds is 8. The molecular formula is C29H26N2O3. The summed E-state index contributed by atoms with van der Waals surface area (Å²) in [5.74, 6) is 0.216. The van der Waals surface area contributed by atoms with Crippen molar-refractivity contribution in [2.24, 2.45) is 0 Å². The van der Waals surface area contributed by atoms with Crippen LogP contribution in [0, 0.1) is 6.92 Å². The van der Waals surface area contributed by atoms with Crippen LogP contribution < -0.4 is 15.4 Å². The molecule has 0 atom stereocenters. The lowest BCUT2D eigenvalue weighted by molar-refractivity contribution is 0.101. The standard InChI is InChI=1S/C29H26N2O3/c1-21-7-5-11-25(19-21)30-29(33)24-10-6-12-26(20-24)31-28(32)23-13-15-27(16-14-23)34-18-17-22-8-3-2-4-9-22/h2-16,19-20H,17-18H2,1H3,(H,30,33)(H,31,32). The summed E-state index contributed by atoms with van der Waals surface area (Å²) < 4.78 is 5.79. The van der Waals surface area contributed by atoms with Crippen molar-refractivity contribution in [3.8, 4) is 5.75 Å². The summed E-state index contributed by atoms with van der Waals surface area (Å²) in [5, 5.41) is 5.73. The Morgan fingerprint density at radius 2 is 1.32 bits per heavy atom. The van der Waals surface area contributed by atoms with E-state index >= 15 is 0 Å². The maximum Gasteiger partial charge on any atom is 0.255 e. The van der Waals surface area contributed by atoms with E-state index in [1.54, 1.807) is 48.5 Å². The molecule has 0 saturated carbocycles. The smallest absolute Gasteiger partial charge is 0.255 e. The van der Waals surface area contributed by atoms with Crippen LogP contribution >= 0.6 is 0 Å². The molecule has 0 aliphatic heterocycles. The van der Waals surface area contributed by atoms with E-state index in [1.165, 1.54) is 5.56 Å². The molecule has 5 nitrogen and oxygen atoms in total. The molecule has 0 bridgehead atoms. The molecule has 34 heavy (non-hydrogen) atoms. The lowest BCUT2D eigenvalue weighted by atomic mass is 10.1. The molecule has 5 heteroatoms. The second-order valence-corrected chi connectivity index (χ2v) is 7.97. The number of carbonyl (C=O) groups is 2. The van der Waals surface area contributed by atoms with Crippen molar-refractivity contribution in [2.75, 3.05) is 17.2 Å². The van der Waals surface area contributed by atoms with E-state index in [1.807, 2.05) is 49.4 Å². The third-order valence-corrected chi connectivity index (χ3v) is 5.28. The van der Waals surface area contributed by atoms with Gasteiger partial charge in [-0.2, -0.15) is 0 Å². The van der Waals surface area contributed by atoms with Gasteiger partial charge in [-0.1, -0.05) is 48.5 Å². The van der Waals surface area contributed by atoms with Crippen LogP contribution in [0.25, 0.3) is 0 Å². The van der Waals surface area contributed by atoms with Crippen molar-refractivity contribution < 1.29 is 14.3 Å². The number of hydrogen-bond donors (Lipinski definition) is 2. The van der Waals surface area contributed by atoms with Crippen LogP contribution in [-0.2, 0) is 6.42 Å². The number of amides is 2. The van der Waals surface area contributed by atoms with Crippen molar-refractivity contribution in [3.63, 3.8) is 0 Å². The van der Waals surface area contributed by atoms with Crippen molar-refractivity contribution in [3.05, 3.63) is 125 Å². The van der Waals surface area contributed by atoms with Gasteiger partial charge in [0.2, 0.25) is 0 Å². The van der Waals surface area contributed by atoms with Gasteiger partial charge in [-0.05, 0) is 72.6 Å². The zero-order valence-corrected chi connectivity index (χ0v) is 19.0. The molecule has 0 aliphatic carbocycles. The Hall–Kier alpha value is -4.38. The Morgan fingerprint density at radius 3 is 2.03 bits per heavy atom. The molecule has 4 aromatic rings. The molecule has 0 fully saturated rings. The number of benzene rings is 4. The summed E-state index contributed by atoms with van der Waals surface area (Å²) >= 11 is 0. The average Bonchev–Trinajstić information content (AvgIpc) is 2.85. The van der Waals surface area contributed by atoms with Gasteiger partial charge < -0.3 is 15.4 Å². The van der Waals surface area contributed by atoms with Gasteiger partial charge in [0.15, 0.2) is 0 Å². The Morgan fingerprint density at radius 1 is 0.676 bits per heavy atom. The highest BCUT2D eigenvalue weighted by molar-refractivity contribution is 6.07. The predicted octanol–water partition coefficient (Wildman–Crippen LogP) is 6.12. The molecule has 0 aromatic heterocycles. The van der Waals surface area contributed by atoms with E-state index in [0.717, 1.165) is 17.7 Å². The first-order valence-electron chi connectivity index (χ1n) is 11.1. The SMILES string of the molecule is Cc1cccc(NC(=O)c2cccc(NC(=O)c3ccc(OCCc4ccccc4)cc3)c2)c1. The molecule has 0 saturated heterocycles. The highest BCUT2D eigenvalue weighted by atomic mass is 16.5. The second-order valence-electron chi connectivity index (χ2n) is 7.97. The van der Waals surface area contributed by atoms with Gasteiger partial charge in [0, 0.05) is 28.9 Å². The van der Waals surface area contributed by atoms with Crippen LogP contribution in [-0.4, -0.2) is 18.4 Å². The Labute approximate surface area is 199 Å². The van der Waals surface area contributed by atoms with Crippen LogP contribution in [0.2, 0.25) is 0 Å². The van der Waals surface area contributed by atoms with Crippen molar-refractivity contribution >= 4 is 23.2 Å². The summed E-state index contributed by atoms with van der Waals surface area (Å²) in [6.07, 6.45) is 0.816. The lowest BCUT2D eigenvalue weighted by Gasteiger charge is -2.10. The van der Waals surface area contributed by atoms with Crippen molar-refractivity contribution in [1.29, 1.82) is 0 Å². The summed E-state index contributed by atoms with van der Waals surface area (Å²) in [7, 11) is 0. The zero-order chi connectivity index (χ0) is 23.8. The van der Waals surface area contributed by atoms with Crippen LogP contribution in [0.4, 0.5) is 11.4 Å². The molecule has 170 valence electrons. The maximum atomic E-state index is 12.7. The van der Waals surface area contributed by atoms with Gasteiger partial charge in [0.05, 0.1) is 6.61 Å². The number of nitrogens with one attached hydrogen (secondary N) is 2.